The predicted molar refractivity (Wildman–Crippen MR) is 110 cm³/mol. The molecule has 1 amide bonds. The van der Waals surface area contributed by atoms with E-state index >= 15 is 0 Å². The summed E-state index contributed by atoms with van der Waals surface area (Å²) in [5.74, 6) is -4.25. The first kappa shape index (κ1) is 23.1. The number of ether oxygens (including phenoxy) is 2. The number of piperidine rings is 1. The molecule has 32 heavy (non-hydrogen) atoms. The number of alkyl halides is 2. The van der Waals surface area contributed by atoms with Crippen LogP contribution in [0.2, 0.25) is 0 Å². The summed E-state index contributed by atoms with van der Waals surface area (Å²) in [6.45, 7) is 1.09. The van der Waals surface area contributed by atoms with E-state index < -0.39 is 28.8 Å². The van der Waals surface area contributed by atoms with Crippen molar-refractivity contribution in [2.75, 3.05) is 20.2 Å². The van der Waals surface area contributed by atoms with Crippen LogP contribution in [0, 0.1) is 16.0 Å². The van der Waals surface area contributed by atoms with Crippen molar-refractivity contribution in [1.82, 2.24) is 4.90 Å². The van der Waals surface area contributed by atoms with E-state index in [9.17, 15) is 28.5 Å². The number of hydrogen-bond donors (Lipinski definition) is 0. The Morgan fingerprint density at radius 3 is 2.25 bits per heavy atom. The normalized spacial score (nSPS) is 18.7. The van der Waals surface area contributed by atoms with E-state index in [0.717, 1.165) is 6.92 Å². The number of benzene rings is 2. The Bertz CT molecular complexity index is 989. The maximum Gasteiger partial charge on any atom is 0.415 e. The molecule has 0 bridgehead atoms. The Labute approximate surface area is 182 Å². The van der Waals surface area contributed by atoms with E-state index in [2.05, 4.69) is 0 Å². The Morgan fingerprint density at radius 2 is 1.72 bits per heavy atom. The lowest BCUT2D eigenvalue weighted by Gasteiger charge is -2.36. The quantitative estimate of drug-likeness (QED) is 0.380. The number of rotatable bonds is 5. The highest BCUT2D eigenvalue weighted by Gasteiger charge is 2.36. The summed E-state index contributed by atoms with van der Waals surface area (Å²) in [6.07, 6.45) is -0.343. The summed E-state index contributed by atoms with van der Waals surface area (Å²) in [5, 5.41) is 10.8. The summed E-state index contributed by atoms with van der Waals surface area (Å²) in [5.41, 5.74) is 0.436. The number of esters is 1. The number of carbonyl (C=O) groups is 2. The van der Waals surface area contributed by atoms with Crippen LogP contribution in [0.5, 0.6) is 5.75 Å². The fourth-order valence-corrected chi connectivity index (χ4v) is 3.68. The average Bonchev–Trinajstić information content (AvgIpc) is 2.78. The number of likely N-dealkylation sites (tertiary alicyclic amines) is 1. The molecule has 1 saturated heterocycles. The molecule has 8 nitrogen and oxygen atoms in total. The smallest absolute Gasteiger partial charge is 0.415 e. The molecule has 2 atom stereocenters. The molecular weight excluding hydrogens is 426 g/mol. The van der Waals surface area contributed by atoms with Crippen molar-refractivity contribution in [3.63, 3.8) is 0 Å². The molecule has 1 heterocycles. The van der Waals surface area contributed by atoms with Crippen molar-refractivity contribution in [2.45, 2.75) is 25.2 Å². The first-order chi connectivity index (χ1) is 15.1. The molecule has 170 valence electrons. The van der Waals surface area contributed by atoms with Gasteiger partial charge in [-0.1, -0.05) is 24.3 Å². The number of non-ortho nitro benzene ring substituents is 1. The molecule has 0 radical (unpaired) electrons. The van der Waals surface area contributed by atoms with Crippen LogP contribution in [-0.4, -0.2) is 42.1 Å². The first-order valence-corrected chi connectivity index (χ1v) is 9.85. The van der Waals surface area contributed by atoms with E-state index in [1.165, 1.54) is 48.4 Å². The minimum Gasteiger partial charge on any atom is -0.469 e. The lowest BCUT2D eigenvalue weighted by Crippen LogP contribution is -2.46. The largest absolute Gasteiger partial charge is 0.469 e. The third kappa shape index (κ3) is 5.37. The van der Waals surface area contributed by atoms with Gasteiger partial charge in [0.15, 0.2) is 0 Å². The fraction of sp³-hybridized carbons (Fsp3) is 0.364. The van der Waals surface area contributed by atoms with Crippen molar-refractivity contribution in [3.05, 3.63) is 69.8 Å². The van der Waals surface area contributed by atoms with Gasteiger partial charge in [-0.2, -0.15) is 0 Å². The van der Waals surface area contributed by atoms with Gasteiger partial charge in [0.1, 0.15) is 5.75 Å². The maximum absolute atomic E-state index is 13.5. The summed E-state index contributed by atoms with van der Waals surface area (Å²) in [6, 6.07) is 10.8. The molecule has 10 heteroatoms. The number of nitro groups is 1. The monoisotopic (exact) mass is 448 g/mol. The minimum atomic E-state index is -2.97. The van der Waals surface area contributed by atoms with Crippen molar-refractivity contribution in [2.24, 2.45) is 5.92 Å². The lowest BCUT2D eigenvalue weighted by atomic mass is 9.84. The van der Waals surface area contributed by atoms with E-state index in [-0.39, 0.29) is 36.0 Å². The minimum absolute atomic E-state index is 0.0695. The molecule has 2 unspecified atom stereocenters. The lowest BCUT2D eigenvalue weighted by molar-refractivity contribution is -0.384. The third-order valence-corrected chi connectivity index (χ3v) is 5.38. The number of nitrogens with zero attached hydrogens (tertiary/aromatic N) is 2. The van der Waals surface area contributed by atoms with Crippen molar-refractivity contribution in [1.29, 1.82) is 0 Å². The van der Waals surface area contributed by atoms with Crippen LogP contribution in [0.3, 0.4) is 0 Å². The molecule has 2 aromatic carbocycles. The van der Waals surface area contributed by atoms with Crippen LogP contribution in [-0.2, 0) is 15.5 Å². The van der Waals surface area contributed by atoms with Crippen LogP contribution >= 0.6 is 0 Å². The second kappa shape index (κ2) is 9.29. The van der Waals surface area contributed by atoms with Crippen LogP contribution < -0.4 is 4.74 Å². The predicted octanol–water partition coefficient (Wildman–Crippen LogP) is 4.48. The zero-order chi connectivity index (χ0) is 23.5. The van der Waals surface area contributed by atoms with Crippen LogP contribution in [0.25, 0.3) is 0 Å². The number of nitro benzene ring substituents is 1. The molecule has 0 aromatic heterocycles. The molecule has 0 N–H and O–H groups in total. The summed E-state index contributed by atoms with van der Waals surface area (Å²) < 4.78 is 37.2. The van der Waals surface area contributed by atoms with Gasteiger partial charge in [-0.25, -0.2) is 13.6 Å². The summed E-state index contributed by atoms with van der Waals surface area (Å²) in [7, 11) is 1.25. The third-order valence-electron chi connectivity index (χ3n) is 5.38. The second-order valence-electron chi connectivity index (χ2n) is 7.69. The molecule has 1 aliphatic heterocycles. The molecule has 3 rings (SSSR count). The molecular formula is C22H22F2N2O6. The van der Waals surface area contributed by atoms with Gasteiger partial charge in [0.05, 0.1) is 18.0 Å². The Kier molecular flexibility index (Phi) is 6.71. The van der Waals surface area contributed by atoms with Gasteiger partial charge >= 0.3 is 12.1 Å². The highest BCUT2D eigenvalue weighted by molar-refractivity contribution is 5.76. The molecule has 2 aromatic rings. The van der Waals surface area contributed by atoms with Crippen LogP contribution in [0.15, 0.2) is 48.5 Å². The molecule has 1 fully saturated rings. The number of methoxy groups -OCH3 is 1. The Morgan fingerprint density at radius 1 is 1.09 bits per heavy atom. The first-order valence-electron chi connectivity index (χ1n) is 9.85. The molecule has 0 aliphatic carbocycles. The Hall–Kier alpha value is -3.56. The second-order valence-corrected chi connectivity index (χ2v) is 7.69. The van der Waals surface area contributed by atoms with E-state index in [1.807, 2.05) is 0 Å². The fourth-order valence-electron chi connectivity index (χ4n) is 3.68. The van der Waals surface area contributed by atoms with Gasteiger partial charge < -0.3 is 14.4 Å². The highest BCUT2D eigenvalue weighted by Crippen LogP contribution is 2.34. The average molecular weight is 448 g/mol. The van der Waals surface area contributed by atoms with Gasteiger partial charge in [-0.05, 0) is 24.1 Å². The van der Waals surface area contributed by atoms with Gasteiger partial charge in [0, 0.05) is 43.6 Å². The topological polar surface area (TPSA) is 99.0 Å². The van der Waals surface area contributed by atoms with Gasteiger partial charge in [0.25, 0.3) is 11.6 Å². The van der Waals surface area contributed by atoms with Gasteiger partial charge in [-0.15, -0.1) is 0 Å². The van der Waals surface area contributed by atoms with E-state index in [1.54, 1.807) is 12.1 Å². The number of hydrogen-bond acceptors (Lipinski definition) is 6. The summed E-state index contributed by atoms with van der Waals surface area (Å²) in [4.78, 5) is 36.5. The van der Waals surface area contributed by atoms with Gasteiger partial charge in [0.2, 0.25) is 0 Å². The van der Waals surface area contributed by atoms with Crippen LogP contribution in [0.4, 0.5) is 19.3 Å². The molecule has 0 spiro atoms. The zero-order valence-corrected chi connectivity index (χ0v) is 17.5. The SMILES string of the molecule is COC(=O)C1CC(c2ccc(C(C)(F)F)cc2)CN(C(=O)Oc2ccc([N+](=O)[O-])cc2)C1. The number of amides is 1. The maximum atomic E-state index is 13.5. The highest BCUT2D eigenvalue weighted by atomic mass is 19.3. The molecule has 1 aliphatic rings. The zero-order valence-electron chi connectivity index (χ0n) is 17.5. The molecule has 0 saturated carbocycles. The van der Waals surface area contributed by atoms with Crippen molar-refractivity contribution < 1.29 is 32.8 Å². The van der Waals surface area contributed by atoms with Crippen LogP contribution in [0.1, 0.15) is 30.4 Å². The van der Waals surface area contributed by atoms with Crippen molar-refractivity contribution >= 4 is 17.7 Å². The van der Waals surface area contributed by atoms with E-state index in [4.69, 9.17) is 9.47 Å². The van der Waals surface area contributed by atoms with E-state index in [0.29, 0.717) is 12.0 Å². The standard InChI is InChI=1S/C22H22F2N2O6/c1-22(23,24)17-5-3-14(4-6-17)15-11-16(20(27)31-2)13-25(12-15)21(28)32-19-9-7-18(8-10-19)26(29)30/h3-10,15-16H,11-13H2,1-2H3. The number of halogens is 2. The Balaban J connectivity index is 1.78. The summed E-state index contributed by atoms with van der Waals surface area (Å²) >= 11 is 0. The number of carbonyl (C=O) groups excluding carboxylic acids is 2. The van der Waals surface area contributed by atoms with Crippen molar-refractivity contribution in [3.8, 4) is 5.75 Å². The van der Waals surface area contributed by atoms with Gasteiger partial charge in [-0.3, -0.25) is 14.9 Å².